The molecule has 6 nitrogen and oxygen atoms in total. The quantitative estimate of drug-likeness (QED) is 0.931. The molecule has 0 radical (unpaired) electrons. The number of fused-ring (bicyclic) bond motifs is 1. The van der Waals surface area contributed by atoms with Crippen LogP contribution < -0.4 is 15.2 Å². The van der Waals surface area contributed by atoms with Crippen molar-refractivity contribution in [3.8, 4) is 22.9 Å². The standard InChI is InChI=1S/C12H12BrN3O3/c1-2-6-7(12-15-9(4-14)19-16-12)3-8(13)11-10(6)17-5-18-11/h3H,2,4-5,14H2,1H3. The summed E-state index contributed by atoms with van der Waals surface area (Å²) in [5.74, 6) is 2.39. The highest BCUT2D eigenvalue weighted by Gasteiger charge is 2.25. The third-order valence-corrected chi connectivity index (χ3v) is 3.53. The number of aromatic nitrogens is 2. The van der Waals surface area contributed by atoms with Gasteiger partial charge in [0, 0.05) is 11.1 Å². The maximum atomic E-state index is 5.53. The van der Waals surface area contributed by atoms with Crippen LogP contribution in [0.25, 0.3) is 11.4 Å². The molecule has 1 aromatic carbocycles. The van der Waals surface area contributed by atoms with Crippen molar-refractivity contribution in [1.82, 2.24) is 10.1 Å². The maximum Gasteiger partial charge on any atom is 0.240 e. The van der Waals surface area contributed by atoms with E-state index in [0.717, 1.165) is 33.5 Å². The first-order valence-electron chi connectivity index (χ1n) is 5.88. The molecule has 0 amide bonds. The fraction of sp³-hybridized carbons (Fsp3) is 0.333. The summed E-state index contributed by atoms with van der Waals surface area (Å²) in [5.41, 5.74) is 7.34. The van der Waals surface area contributed by atoms with Crippen molar-refractivity contribution in [1.29, 1.82) is 0 Å². The second-order valence-electron chi connectivity index (χ2n) is 4.02. The first-order chi connectivity index (χ1) is 9.24. The van der Waals surface area contributed by atoms with Gasteiger partial charge in [-0.3, -0.25) is 0 Å². The van der Waals surface area contributed by atoms with Crippen molar-refractivity contribution < 1.29 is 14.0 Å². The molecule has 0 fully saturated rings. The van der Waals surface area contributed by atoms with E-state index in [-0.39, 0.29) is 13.3 Å². The molecule has 0 aliphatic carbocycles. The minimum Gasteiger partial charge on any atom is -0.453 e. The SMILES string of the molecule is CCc1c(-c2noc(CN)n2)cc(Br)c2c1OCO2. The number of rotatable bonds is 3. The largest absolute Gasteiger partial charge is 0.453 e. The summed E-state index contributed by atoms with van der Waals surface area (Å²) in [6, 6.07) is 1.91. The van der Waals surface area contributed by atoms with Gasteiger partial charge in [0.1, 0.15) is 0 Å². The van der Waals surface area contributed by atoms with Crippen LogP contribution in [0.1, 0.15) is 18.4 Å². The molecule has 3 rings (SSSR count). The minimum atomic E-state index is 0.222. The van der Waals surface area contributed by atoms with E-state index in [1.54, 1.807) is 0 Å². The van der Waals surface area contributed by atoms with Crippen molar-refractivity contribution in [3.05, 3.63) is 22.0 Å². The first-order valence-corrected chi connectivity index (χ1v) is 6.67. The molecule has 0 unspecified atom stereocenters. The lowest BCUT2D eigenvalue weighted by molar-refractivity contribution is 0.173. The Morgan fingerprint density at radius 1 is 1.37 bits per heavy atom. The number of ether oxygens (including phenoxy) is 2. The highest BCUT2D eigenvalue weighted by molar-refractivity contribution is 9.10. The molecule has 2 heterocycles. The van der Waals surface area contributed by atoms with Crippen LogP contribution in [0.3, 0.4) is 0 Å². The molecule has 0 saturated carbocycles. The van der Waals surface area contributed by atoms with Crippen LogP contribution in [0.4, 0.5) is 0 Å². The van der Waals surface area contributed by atoms with Gasteiger partial charge in [-0.05, 0) is 28.4 Å². The van der Waals surface area contributed by atoms with Crippen molar-refractivity contribution in [2.45, 2.75) is 19.9 Å². The molecule has 2 N–H and O–H groups in total. The fourth-order valence-electron chi connectivity index (χ4n) is 2.08. The molecule has 0 spiro atoms. The van der Waals surface area contributed by atoms with Gasteiger partial charge in [-0.2, -0.15) is 4.98 Å². The van der Waals surface area contributed by atoms with E-state index in [4.69, 9.17) is 19.7 Å². The van der Waals surface area contributed by atoms with Gasteiger partial charge < -0.3 is 19.7 Å². The molecule has 100 valence electrons. The second-order valence-corrected chi connectivity index (χ2v) is 4.87. The Morgan fingerprint density at radius 2 is 2.16 bits per heavy atom. The summed E-state index contributed by atoms with van der Waals surface area (Å²) in [6.07, 6.45) is 0.779. The second kappa shape index (κ2) is 4.82. The highest BCUT2D eigenvalue weighted by Crippen LogP contribution is 2.46. The topological polar surface area (TPSA) is 83.4 Å². The monoisotopic (exact) mass is 325 g/mol. The van der Waals surface area contributed by atoms with Crippen LogP contribution in [0, 0.1) is 0 Å². The predicted molar refractivity (Wildman–Crippen MR) is 70.8 cm³/mol. The minimum absolute atomic E-state index is 0.222. The third-order valence-electron chi connectivity index (χ3n) is 2.94. The van der Waals surface area contributed by atoms with Gasteiger partial charge in [-0.15, -0.1) is 0 Å². The van der Waals surface area contributed by atoms with E-state index in [0.29, 0.717) is 11.7 Å². The van der Waals surface area contributed by atoms with Crippen molar-refractivity contribution >= 4 is 15.9 Å². The Bertz CT molecular complexity index is 627. The van der Waals surface area contributed by atoms with Gasteiger partial charge in [0.25, 0.3) is 0 Å². The van der Waals surface area contributed by atoms with Crippen LogP contribution in [0.15, 0.2) is 15.1 Å². The number of hydrogen-bond acceptors (Lipinski definition) is 6. The van der Waals surface area contributed by atoms with Crippen LogP contribution in [-0.2, 0) is 13.0 Å². The predicted octanol–water partition coefficient (Wildman–Crippen LogP) is 2.25. The van der Waals surface area contributed by atoms with E-state index >= 15 is 0 Å². The highest BCUT2D eigenvalue weighted by atomic mass is 79.9. The summed E-state index contributed by atoms with van der Waals surface area (Å²) in [5, 5.41) is 3.95. The lowest BCUT2D eigenvalue weighted by Crippen LogP contribution is -1.97. The van der Waals surface area contributed by atoms with E-state index < -0.39 is 0 Å². The summed E-state index contributed by atoms with van der Waals surface area (Å²) in [6.45, 7) is 2.49. The Morgan fingerprint density at radius 3 is 2.84 bits per heavy atom. The summed E-state index contributed by atoms with van der Waals surface area (Å²) in [7, 11) is 0. The van der Waals surface area contributed by atoms with E-state index in [2.05, 4.69) is 26.1 Å². The zero-order valence-corrected chi connectivity index (χ0v) is 11.9. The lowest BCUT2D eigenvalue weighted by atomic mass is 10.0. The number of nitrogens with zero attached hydrogens (tertiary/aromatic N) is 2. The van der Waals surface area contributed by atoms with Gasteiger partial charge in [0.05, 0.1) is 11.0 Å². The number of benzene rings is 1. The van der Waals surface area contributed by atoms with E-state index in [1.807, 2.05) is 13.0 Å². The van der Waals surface area contributed by atoms with Gasteiger partial charge >= 0.3 is 0 Å². The molecule has 7 heteroatoms. The van der Waals surface area contributed by atoms with Gasteiger partial charge in [0.15, 0.2) is 11.5 Å². The summed E-state index contributed by atoms with van der Waals surface area (Å²) in [4.78, 5) is 4.25. The zero-order valence-electron chi connectivity index (χ0n) is 10.3. The van der Waals surface area contributed by atoms with E-state index in [9.17, 15) is 0 Å². The third kappa shape index (κ3) is 1.98. The van der Waals surface area contributed by atoms with Gasteiger partial charge in [-0.1, -0.05) is 12.1 Å². The van der Waals surface area contributed by atoms with Crippen LogP contribution in [0.5, 0.6) is 11.5 Å². The summed E-state index contributed by atoms with van der Waals surface area (Å²) < 4.78 is 16.8. The first kappa shape index (κ1) is 12.4. The Kier molecular flexibility index (Phi) is 3.16. The van der Waals surface area contributed by atoms with Gasteiger partial charge in [-0.25, -0.2) is 0 Å². The maximum absolute atomic E-state index is 5.53. The van der Waals surface area contributed by atoms with Crippen molar-refractivity contribution in [2.75, 3.05) is 6.79 Å². The molecule has 2 aromatic rings. The Hall–Kier alpha value is -1.60. The summed E-state index contributed by atoms with van der Waals surface area (Å²) >= 11 is 3.47. The molecule has 1 aromatic heterocycles. The Balaban J connectivity index is 2.18. The molecular formula is C12H12BrN3O3. The average Bonchev–Trinajstić information content (AvgIpc) is 3.07. The zero-order chi connectivity index (χ0) is 13.4. The van der Waals surface area contributed by atoms with Crippen molar-refractivity contribution in [2.24, 2.45) is 5.73 Å². The molecule has 0 bridgehead atoms. The molecule has 19 heavy (non-hydrogen) atoms. The number of hydrogen-bond donors (Lipinski definition) is 1. The van der Waals surface area contributed by atoms with Crippen LogP contribution in [0.2, 0.25) is 0 Å². The number of halogens is 1. The lowest BCUT2D eigenvalue weighted by Gasteiger charge is -2.09. The molecule has 0 saturated heterocycles. The molecule has 0 atom stereocenters. The smallest absolute Gasteiger partial charge is 0.240 e. The molecule has 1 aliphatic heterocycles. The fourth-order valence-corrected chi connectivity index (χ4v) is 2.60. The van der Waals surface area contributed by atoms with Gasteiger partial charge in [0.2, 0.25) is 18.5 Å². The van der Waals surface area contributed by atoms with E-state index in [1.165, 1.54) is 0 Å². The Labute approximate surface area is 118 Å². The van der Waals surface area contributed by atoms with Crippen molar-refractivity contribution in [3.63, 3.8) is 0 Å². The average molecular weight is 326 g/mol. The molecular weight excluding hydrogens is 314 g/mol. The van der Waals surface area contributed by atoms with Crippen LogP contribution in [-0.4, -0.2) is 16.9 Å². The normalized spacial score (nSPS) is 13.0. The molecule has 1 aliphatic rings. The number of nitrogens with two attached hydrogens (primary N) is 1. The van der Waals surface area contributed by atoms with Crippen LogP contribution >= 0.6 is 15.9 Å².